The van der Waals surface area contributed by atoms with Gasteiger partial charge in [0.05, 0.1) is 7.11 Å². The van der Waals surface area contributed by atoms with Gasteiger partial charge < -0.3 is 9.47 Å². The minimum atomic E-state index is -0.212. The van der Waals surface area contributed by atoms with E-state index in [1.54, 1.807) is 7.11 Å². The molecule has 0 saturated carbocycles. The molecule has 4 nitrogen and oxygen atoms in total. The summed E-state index contributed by atoms with van der Waals surface area (Å²) in [4.78, 5) is 9.54. The van der Waals surface area contributed by atoms with Gasteiger partial charge in [0, 0.05) is 16.7 Å². The van der Waals surface area contributed by atoms with Gasteiger partial charge in [0.1, 0.15) is 5.69 Å². The molecule has 1 aliphatic heterocycles. The molecule has 0 amide bonds. The molecule has 4 heteroatoms. The van der Waals surface area contributed by atoms with Crippen molar-refractivity contribution in [2.75, 3.05) is 7.11 Å². The fraction of sp³-hybridized carbons (Fsp3) is 0.478. The molecule has 1 aliphatic rings. The van der Waals surface area contributed by atoms with Gasteiger partial charge >= 0.3 is 0 Å². The molecule has 2 aromatic rings. The highest BCUT2D eigenvalue weighted by molar-refractivity contribution is 5.88. The van der Waals surface area contributed by atoms with E-state index >= 15 is 0 Å². The van der Waals surface area contributed by atoms with Gasteiger partial charge in [-0.05, 0) is 38.3 Å². The number of pyridine rings is 1. The number of aryl methyl sites for hydroxylation is 3. The Morgan fingerprint density at radius 2 is 1.70 bits per heavy atom. The van der Waals surface area contributed by atoms with E-state index in [4.69, 9.17) is 14.5 Å². The average Bonchev–Trinajstić information content (AvgIpc) is 2.58. The first kappa shape index (κ1) is 19.4. The molecule has 3 rings (SSSR count). The minimum Gasteiger partial charge on any atom is -0.479 e. The molecular formula is C23H30N2O2. The van der Waals surface area contributed by atoms with Crippen LogP contribution in [-0.2, 0) is 11.2 Å². The van der Waals surface area contributed by atoms with Gasteiger partial charge in [-0.3, -0.25) is 0 Å². The topological polar surface area (TPSA) is 43.7 Å². The van der Waals surface area contributed by atoms with Crippen LogP contribution in [0.3, 0.4) is 0 Å². The van der Waals surface area contributed by atoms with Crippen molar-refractivity contribution in [3.05, 3.63) is 51.7 Å². The summed E-state index contributed by atoms with van der Waals surface area (Å²) >= 11 is 0. The molecule has 1 atom stereocenters. The number of aromatic nitrogens is 1. The summed E-state index contributed by atoms with van der Waals surface area (Å²) in [6.07, 6.45) is 0.659. The Balaban J connectivity index is 2.35. The summed E-state index contributed by atoms with van der Waals surface area (Å²) in [6, 6.07) is 6.59. The summed E-state index contributed by atoms with van der Waals surface area (Å²) in [6.45, 7) is 14.8. The molecule has 27 heavy (non-hydrogen) atoms. The second-order valence-electron chi connectivity index (χ2n) is 8.39. The van der Waals surface area contributed by atoms with Crippen LogP contribution >= 0.6 is 0 Å². The van der Waals surface area contributed by atoms with E-state index in [-0.39, 0.29) is 11.5 Å². The lowest BCUT2D eigenvalue weighted by Gasteiger charge is -2.34. The first-order valence-electron chi connectivity index (χ1n) is 9.57. The molecule has 1 aromatic carbocycles. The van der Waals surface area contributed by atoms with Crippen LogP contribution in [0.5, 0.6) is 5.88 Å². The number of aliphatic imine (C=N–C) groups is 1. The largest absolute Gasteiger partial charge is 0.479 e. The number of benzene rings is 1. The molecule has 0 radical (unpaired) electrons. The number of nitrogens with zero attached hydrogens (tertiary/aromatic N) is 2. The van der Waals surface area contributed by atoms with E-state index in [2.05, 4.69) is 64.7 Å². The van der Waals surface area contributed by atoms with E-state index in [1.165, 1.54) is 16.7 Å². The molecule has 0 aliphatic carbocycles. The van der Waals surface area contributed by atoms with Crippen molar-refractivity contribution in [2.24, 2.45) is 10.4 Å². The third kappa shape index (κ3) is 3.58. The number of hydrogen-bond donors (Lipinski definition) is 0. The fourth-order valence-corrected chi connectivity index (χ4v) is 3.74. The molecule has 0 bridgehead atoms. The van der Waals surface area contributed by atoms with Gasteiger partial charge in [0.15, 0.2) is 12.0 Å². The highest BCUT2D eigenvalue weighted by Crippen LogP contribution is 2.46. The third-order valence-corrected chi connectivity index (χ3v) is 4.93. The molecule has 0 spiro atoms. The SMILES string of the molecule is CCc1c(C)nc(OC)c2c1C(c1cc(C)cc(C)c1)OC(C(C)(C)C)=N2. The maximum atomic E-state index is 6.54. The maximum absolute atomic E-state index is 6.54. The Bertz CT molecular complexity index is 887. The first-order chi connectivity index (χ1) is 12.7. The van der Waals surface area contributed by atoms with Gasteiger partial charge in [-0.25, -0.2) is 9.98 Å². The Morgan fingerprint density at radius 3 is 2.22 bits per heavy atom. The van der Waals surface area contributed by atoms with E-state index in [9.17, 15) is 0 Å². The van der Waals surface area contributed by atoms with Crippen LogP contribution in [0.1, 0.15) is 67.3 Å². The quantitative estimate of drug-likeness (QED) is 0.692. The number of ether oxygens (including phenoxy) is 2. The van der Waals surface area contributed by atoms with Crippen molar-refractivity contribution in [3.63, 3.8) is 0 Å². The Labute approximate surface area is 162 Å². The Kier molecular flexibility index (Phi) is 5.02. The highest BCUT2D eigenvalue weighted by Gasteiger charge is 2.36. The molecule has 1 aromatic heterocycles. The Morgan fingerprint density at radius 1 is 1.07 bits per heavy atom. The predicted octanol–water partition coefficient (Wildman–Crippen LogP) is 5.77. The zero-order valence-corrected chi connectivity index (χ0v) is 17.7. The van der Waals surface area contributed by atoms with Crippen molar-refractivity contribution in [1.82, 2.24) is 4.98 Å². The predicted molar refractivity (Wildman–Crippen MR) is 110 cm³/mol. The lowest BCUT2D eigenvalue weighted by Crippen LogP contribution is -2.29. The molecule has 0 saturated heterocycles. The van der Waals surface area contributed by atoms with Gasteiger partial charge in [-0.15, -0.1) is 0 Å². The molecule has 0 N–H and O–H groups in total. The first-order valence-corrected chi connectivity index (χ1v) is 9.57. The zero-order valence-electron chi connectivity index (χ0n) is 17.7. The number of fused-ring (bicyclic) bond motifs is 1. The van der Waals surface area contributed by atoms with Crippen LogP contribution in [0.4, 0.5) is 5.69 Å². The molecular weight excluding hydrogens is 336 g/mol. The summed E-state index contributed by atoms with van der Waals surface area (Å²) in [5, 5.41) is 0. The molecule has 144 valence electrons. The van der Waals surface area contributed by atoms with Crippen molar-refractivity contribution in [3.8, 4) is 5.88 Å². The standard InChI is InChI=1S/C23H30N2O2/c1-9-17-15(4)24-21(26-8)19-18(17)20(27-22(25-19)23(5,6)7)16-11-13(2)10-14(3)12-16/h10-12,20H,9H2,1-8H3. The fourth-order valence-electron chi connectivity index (χ4n) is 3.74. The molecule has 2 heterocycles. The second-order valence-corrected chi connectivity index (χ2v) is 8.39. The molecule has 1 unspecified atom stereocenters. The van der Waals surface area contributed by atoms with Crippen LogP contribution in [0, 0.1) is 26.2 Å². The van der Waals surface area contributed by atoms with Crippen LogP contribution < -0.4 is 4.74 Å². The lowest BCUT2D eigenvalue weighted by atomic mass is 9.89. The summed E-state index contributed by atoms with van der Waals surface area (Å²) in [7, 11) is 1.65. The highest BCUT2D eigenvalue weighted by atomic mass is 16.5. The second kappa shape index (κ2) is 6.99. The number of rotatable bonds is 3. The van der Waals surface area contributed by atoms with Gasteiger partial charge in [0.25, 0.3) is 0 Å². The summed E-state index contributed by atoms with van der Waals surface area (Å²) in [5.74, 6) is 1.28. The van der Waals surface area contributed by atoms with E-state index in [0.29, 0.717) is 11.8 Å². The van der Waals surface area contributed by atoms with Gasteiger partial charge in [-0.2, -0.15) is 0 Å². The summed E-state index contributed by atoms with van der Waals surface area (Å²) in [5.41, 5.74) is 7.44. The lowest BCUT2D eigenvalue weighted by molar-refractivity contribution is 0.194. The van der Waals surface area contributed by atoms with Gasteiger partial charge in [-0.1, -0.05) is 57.0 Å². The van der Waals surface area contributed by atoms with Crippen molar-refractivity contribution in [1.29, 1.82) is 0 Å². The van der Waals surface area contributed by atoms with Crippen molar-refractivity contribution < 1.29 is 9.47 Å². The summed E-state index contributed by atoms with van der Waals surface area (Å²) < 4.78 is 12.1. The number of hydrogen-bond acceptors (Lipinski definition) is 4. The van der Waals surface area contributed by atoms with E-state index in [1.807, 2.05) is 6.92 Å². The number of methoxy groups -OCH3 is 1. The van der Waals surface area contributed by atoms with E-state index in [0.717, 1.165) is 28.9 Å². The van der Waals surface area contributed by atoms with Crippen molar-refractivity contribution in [2.45, 2.75) is 61.0 Å². The van der Waals surface area contributed by atoms with Crippen LogP contribution in [-0.4, -0.2) is 18.0 Å². The van der Waals surface area contributed by atoms with Crippen LogP contribution in [0.2, 0.25) is 0 Å². The van der Waals surface area contributed by atoms with Gasteiger partial charge in [0.2, 0.25) is 5.88 Å². The zero-order chi connectivity index (χ0) is 19.9. The third-order valence-electron chi connectivity index (χ3n) is 4.93. The monoisotopic (exact) mass is 366 g/mol. The average molecular weight is 367 g/mol. The van der Waals surface area contributed by atoms with Crippen LogP contribution in [0.25, 0.3) is 0 Å². The van der Waals surface area contributed by atoms with E-state index < -0.39 is 0 Å². The van der Waals surface area contributed by atoms with Crippen molar-refractivity contribution >= 4 is 11.6 Å². The smallest absolute Gasteiger partial charge is 0.240 e. The Hall–Kier alpha value is -2.36. The van der Waals surface area contributed by atoms with Crippen LogP contribution in [0.15, 0.2) is 23.2 Å². The normalized spacial score (nSPS) is 16.4. The maximum Gasteiger partial charge on any atom is 0.240 e. The minimum absolute atomic E-state index is 0.211. The molecule has 0 fully saturated rings.